The van der Waals surface area contributed by atoms with E-state index in [-0.39, 0.29) is 18.2 Å². The molecule has 2 aromatic rings. The zero-order valence-corrected chi connectivity index (χ0v) is 20.8. The van der Waals surface area contributed by atoms with E-state index >= 15 is 0 Å². The Kier molecular flexibility index (Phi) is 8.70. The molecule has 178 valence electrons. The molecule has 0 saturated heterocycles. The van der Waals surface area contributed by atoms with Crippen LogP contribution >= 0.6 is 23.2 Å². The van der Waals surface area contributed by atoms with Gasteiger partial charge in [0, 0.05) is 12.6 Å². The lowest BCUT2D eigenvalue weighted by molar-refractivity contribution is -0.157. The van der Waals surface area contributed by atoms with Crippen LogP contribution in [0.3, 0.4) is 0 Å². The fourth-order valence-corrected chi connectivity index (χ4v) is 3.84. The van der Waals surface area contributed by atoms with Gasteiger partial charge in [-0.2, -0.15) is 0 Å². The third-order valence-electron chi connectivity index (χ3n) is 5.36. The second-order valence-electron chi connectivity index (χ2n) is 8.78. The van der Waals surface area contributed by atoms with Crippen LogP contribution in [0.5, 0.6) is 5.75 Å². The SMILES string of the molecule is CC(C=CC1CC1c1ccc(Cl)c(Cl)c1)=CC(=O)N(CC(C)C)C(=O)C(=O)Oc1ccccc1. The first kappa shape index (κ1) is 25.7. The van der Waals surface area contributed by atoms with Crippen molar-refractivity contribution in [3.8, 4) is 5.75 Å². The standard InChI is InChI=1S/C27H27Cl2NO4/c1-17(2)16-30(26(32)27(33)34-21-7-5-4-6-8-21)25(31)13-18(3)9-10-19-14-22(19)20-11-12-23(28)24(29)15-20/h4-13,15,17,19,22H,14,16H2,1-3H3. The maximum Gasteiger partial charge on any atom is 0.402 e. The molecule has 1 aliphatic carbocycles. The van der Waals surface area contributed by atoms with E-state index < -0.39 is 17.8 Å². The van der Waals surface area contributed by atoms with Crippen LogP contribution in [0.4, 0.5) is 0 Å². The van der Waals surface area contributed by atoms with Crippen LogP contribution in [0, 0.1) is 11.8 Å². The lowest BCUT2D eigenvalue weighted by Gasteiger charge is -2.20. The number of allylic oxidation sites excluding steroid dienone is 3. The van der Waals surface area contributed by atoms with Crippen molar-refractivity contribution in [2.75, 3.05) is 6.54 Å². The van der Waals surface area contributed by atoms with E-state index in [4.69, 9.17) is 27.9 Å². The molecule has 0 radical (unpaired) electrons. The van der Waals surface area contributed by atoms with Crippen molar-refractivity contribution in [2.45, 2.75) is 33.1 Å². The summed E-state index contributed by atoms with van der Waals surface area (Å²) < 4.78 is 5.12. The minimum atomic E-state index is -1.09. The molecule has 0 aliphatic heterocycles. The number of halogens is 2. The first-order valence-corrected chi connectivity index (χ1v) is 11.9. The van der Waals surface area contributed by atoms with Gasteiger partial charge < -0.3 is 4.74 Å². The number of hydrogen-bond donors (Lipinski definition) is 0. The Morgan fingerprint density at radius 2 is 1.79 bits per heavy atom. The predicted molar refractivity (Wildman–Crippen MR) is 134 cm³/mol. The van der Waals surface area contributed by atoms with Crippen molar-refractivity contribution in [3.05, 3.63) is 87.9 Å². The number of hydrogen-bond acceptors (Lipinski definition) is 4. The Hall–Kier alpha value is -2.89. The lowest BCUT2D eigenvalue weighted by Crippen LogP contribution is -2.44. The molecular formula is C27H27Cl2NO4. The number of para-hydroxylation sites is 1. The first-order chi connectivity index (χ1) is 16.2. The molecule has 0 N–H and O–H groups in total. The van der Waals surface area contributed by atoms with Crippen molar-refractivity contribution in [3.63, 3.8) is 0 Å². The van der Waals surface area contributed by atoms with Crippen LogP contribution in [-0.2, 0) is 14.4 Å². The van der Waals surface area contributed by atoms with Crippen molar-refractivity contribution in [1.29, 1.82) is 0 Å². The highest BCUT2D eigenvalue weighted by Gasteiger charge is 2.36. The van der Waals surface area contributed by atoms with Gasteiger partial charge in [-0.3, -0.25) is 14.5 Å². The van der Waals surface area contributed by atoms with Crippen LogP contribution in [0.2, 0.25) is 10.0 Å². The van der Waals surface area contributed by atoms with Gasteiger partial charge in [-0.05, 0) is 66.5 Å². The maximum atomic E-state index is 12.9. The molecular weight excluding hydrogens is 473 g/mol. The van der Waals surface area contributed by atoms with E-state index in [0.29, 0.717) is 27.5 Å². The third-order valence-corrected chi connectivity index (χ3v) is 6.10. The molecule has 3 rings (SSSR count). The van der Waals surface area contributed by atoms with Crippen LogP contribution in [-0.4, -0.2) is 29.2 Å². The average Bonchev–Trinajstić information content (AvgIpc) is 3.57. The van der Waals surface area contributed by atoms with Gasteiger partial charge in [-0.15, -0.1) is 0 Å². The predicted octanol–water partition coefficient (Wildman–Crippen LogP) is 6.22. The average molecular weight is 500 g/mol. The van der Waals surface area contributed by atoms with E-state index in [1.165, 1.54) is 6.08 Å². The third kappa shape index (κ3) is 7.05. The number of nitrogens with zero attached hydrogens (tertiary/aromatic N) is 1. The summed E-state index contributed by atoms with van der Waals surface area (Å²) in [6.45, 7) is 5.62. The number of benzene rings is 2. The van der Waals surface area contributed by atoms with Crippen LogP contribution < -0.4 is 4.74 Å². The number of ether oxygens (including phenoxy) is 1. The monoisotopic (exact) mass is 499 g/mol. The number of amides is 2. The summed E-state index contributed by atoms with van der Waals surface area (Å²) in [6, 6.07) is 13.9. The molecule has 2 unspecified atom stereocenters. The Bertz CT molecular complexity index is 1120. The molecule has 1 saturated carbocycles. The largest absolute Gasteiger partial charge is 0.419 e. The highest BCUT2D eigenvalue weighted by Crippen LogP contribution is 2.49. The van der Waals surface area contributed by atoms with E-state index in [1.54, 1.807) is 43.3 Å². The highest BCUT2D eigenvalue weighted by molar-refractivity contribution is 6.42. The molecule has 1 aliphatic rings. The highest BCUT2D eigenvalue weighted by atomic mass is 35.5. The van der Waals surface area contributed by atoms with E-state index in [1.807, 2.05) is 38.1 Å². The van der Waals surface area contributed by atoms with Gasteiger partial charge in [0.1, 0.15) is 5.75 Å². The molecule has 7 heteroatoms. The molecule has 2 atom stereocenters. The topological polar surface area (TPSA) is 63.7 Å². The summed E-state index contributed by atoms with van der Waals surface area (Å²) in [5, 5.41) is 1.07. The van der Waals surface area contributed by atoms with Crippen LogP contribution in [0.25, 0.3) is 0 Å². The van der Waals surface area contributed by atoms with Crippen LogP contribution in [0.1, 0.15) is 38.7 Å². The van der Waals surface area contributed by atoms with E-state index in [2.05, 4.69) is 0 Å². The summed E-state index contributed by atoms with van der Waals surface area (Å²) in [7, 11) is 0. The molecule has 5 nitrogen and oxygen atoms in total. The van der Waals surface area contributed by atoms with Gasteiger partial charge in [0.2, 0.25) is 0 Å². The zero-order chi connectivity index (χ0) is 24.8. The first-order valence-electron chi connectivity index (χ1n) is 11.1. The Morgan fingerprint density at radius 1 is 1.09 bits per heavy atom. The molecule has 2 amide bonds. The summed E-state index contributed by atoms with van der Waals surface area (Å²) in [6.07, 6.45) is 6.26. The fourth-order valence-electron chi connectivity index (χ4n) is 3.54. The maximum absolute atomic E-state index is 12.9. The Morgan fingerprint density at radius 3 is 2.44 bits per heavy atom. The smallest absolute Gasteiger partial charge is 0.402 e. The number of carbonyl (C=O) groups is 3. The summed E-state index contributed by atoms with van der Waals surface area (Å²) >= 11 is 12.1. The number of imide groups is 1. The molecule has 2 aromatic carbocycles. The lowest BCUT2D eigenvalue weighted by atomic mass is 10.1. The van der Waals surface area contributed by atoms with Gasteiger partial charge in [0.15, 0.2) is 0 Å². The summed E-state index contributed by atoms with van der Waals surface area (Å²) in [5.41, 5.74) is 1.81. The molecule has 0 aromatic heterocycles. The fraction of sp³-hybridized carbons (Fsp3) is 0.296. The number of carbonyl (C=O) groups excluding carboxylic acids is 3. The van der Waals surface area contributed by atoms with Crippen molar-refractivity contribution >= 4 is 41.0 Å². The van der Waals surface area contributed by atoms with Crippen molar-refractivity contribution in [1.82, 2.24) is 4.90 Å². The summed E-state index contributed by atoms with van der Waals surface area (Å²) in [4.78, 5) is 38.8. The molecule has 0 spiro atoms. The van der Waals surface area contributed by atoms with Gasteiger partial charge in [-0.25, -0.2) is 4.79 Å². The number of rotatable bonds is 7. The Labute approximate surface area is 210 Å². The van der Waals surface area contributed by atoms with Gasteiger partial charge in [-0.1, -0.05) is 73.5 Å². The number of esters is 1. The minimum absolute atomic E-state index is 0.0138. The molecule has 0 bridgehead atoms. The summed E-state index contributed by atoms with van der Waals surface area (Å²) in [5.74, 6) is -1.70. The minimum Gasteiger partial charge on any atom is -0.419 e. The molecule has 0 heterocycles. The second-order valence-corrected chi connectivity index (χ2v) is 9.59. The van der Waals surface area contributed by atoms with Gasteiger partial charge in [0.05, 0.1) is 10.0 Å². The Balaban J connectivity index is 1.64. The van der Waals surface area contributed by atoms with E-state index in [9.17, 15) is 14.4 Å². The van der Waals surface area contributed by atoms with Gasteiger partial charge >= 0.3 is 11.9 Å². The van der Waals surface area contributed by atoms with Crippen LogP contribution in [0.15, 0.2) is 72.3 Å². The molecule has 34 heavy (non-hydrogen) atoms. The molecule has 1 fully saturated rings. The second kappa shape index (κ2) is 11.5. The zero-order valence-electron chi connectivity index (χ0n) is 19.3. The van der Waals surface area contributed by atoms with Crippen molar-refractivity contribution < 1.29 is 19.1 Å². The van der Waals surface area contributed by atoms with Gasteiger partial charge in [0.25, 0.3) is 5.91 Å². The van der Waals surface area contributed by atoms with Crippen molar-refractivity contribution in [2.24, 2.45) is 11.8 Å². The normalized spacial score (nSPS) is 17.6. The van der Waals surface area contributed by atoms with E-state index in [0.717, 1.165) is 16.9 Å². The quantitative estimate of drug-likeness (QED) is 0.149.